The van der Waals surface area contributed by atoms with Gasteiger partial charge in [0.25, 0.3) is 11.8 Å². The summed E-state index contributed by atoms with van der Waals surface area (Å²) >= 11 is 5.07. The van der Waals surface area contributed by atoms with Crippen molar-refractivity contribution in [2.45, 2.75) is 6.42 Å². The Balaban J connectivity index is 1.94. The number of hydrogen-bond donors (Lipinski definition) is 1. The number of fused-ring (bicyclic) bond motifs is 1. The zero-order chi connectivity index (χ0) is 12.7. The van der Waals surface area contributed by atoms with E-state index in [-0.39, 0.29) is 11.8 Å². The first-order valence-electron chi connectivity index (χ1n) is 5.36. The number of carbonyl (C=O) groups is 2. The van der Waals surface area contributed by atoms with Crippen LogP contribution >= 0.6 is 27.3 Å². The number of halogens is 1. The lowest BCUT2D eigenvalue weighted by atomic mass is 10.1. The van der Waals surface area contributed by atoms with Crippen molar-refractivity contribution < 1.29 is 9.59 Å². The van der Waals surface area contributed by atoms with Crippen molar-refractivity contribution in [2.75, 3.05) is 0 Å². The summed E-state index contributed by atoms with van der Waals surface area (Å²) in [5.41, 5.74) is 0.533. The molecule has 1 aromatic carbocycles. The standard InChI is InChI=1S/C13H8BrNO2S/c14-9-1-2-11-7(3-9)4-10(18-11)5-8-6-12(16)15-13(8)17/h1-4,6H,5H2,(H,15,16,17). The Morgan fingerprint density at radius 2 is 2.06 bits per heavy atom. The van der Waals surface area contributed by atoms with Crippen molar-refractivity contribution in [1.29, 1.82) is 0 Å². The van der Waals surface area contributed by atoms with Gasteiger partial charge in [0.05, 0.1) is 0 Å². The van der Waals surface area contributed by atoms with Gasteiger partial charge in [0.1, 0.15) is 0 Å². The van der Waals surface area contributed by atoms with Crippen LogP contribution in [0.15, 0.2) is 40.4 Å². The van der Waals surface area contributed by atoms with Crippen LogP contribution in [0.1, 0.15) is 4.88 Å². The van der Waals surface area contributed by atoms with E-state index in [9.17, 15) is 9.59 Å². The minimum atomic E-state index is -0.321. The molecule has 0 radical (unpaired) electrons. The van der Waals surface area contributed by atoms with Gasteiger partial charge in [-0.05, 0) is 29.7 Å². The molecule has 2 aromatic rings. The smallest absolute Gasteiger partial charge is 0.254 e. The summed E-state index contributed by atoms with van der Waals surface area (Å²) in [4.78, 5) is 23.6. The quantitative estimate of drug-likeness (QED) is 0.864. The molecule has 1 aliphatic heterocycles. The van der Waals surface area contributed by atoms with Crippen molar-refractivity contribution in [2.24, 2.45) is 0 Å². The maximum atomic E-state index is 11.5. The van der Waals surface area contributed by atoms with E-state index < -0.39 is 0 Å². The van der Waals surface area contributed by atoms with Crippen LogP contribution < -0.4 is 5.32 Å². The molecular weight excluding hydrogens is 314 g/mol. The van der Waals surface area contributed by atoms with Crippen LogP contribution in [0.3, 0.4) is 0 Å². The van der Waals surface area contributed by atoms with E-state index in [4.69, 9.17) is 0 Å². The van der Waals surface area contributed by atoms with Gasteiger partial charge in [-0.1, -0.05) is 15.9 Å². The first-order valence-corrected chi connectivity index (χ1v) is 6.96. The highest BCUT2D eigenvalue weighted by Crippen LogP contribution is 2.29. The second-order valence-corrected chi connectivity index (χ2v) is 6.14. The number of thiophene rings is 1. The fourth-order valence-electron chi connectivity index (χ4n) is 1.93. The van der Waals surface area contributed by atoms with Gasteiger partial charge >= 0.3 is 0 Å². The lowest BCUT2D eigenvalue weighted by Crippen LogP contribution is -2.22. The minimum Gasteiger partial charge on any atom is -0.289 e. The summed E-state index contributed by atoms with van der Waals surface area (Å²) in [5, 5.41) is 3.40. The fraction of sp³-hybridized carbons (Fsp3) is 0.0769. The lowest BCUT2D eigenvalue weighted by Gasteiger charge is -1.95. The van der Waals surface area contributed by atoms with Crippen LogP contribution in [0.25, 0.3) is 10.1 Å². The number of benzene rings is 1. The summed E-state index contributed by atoms with van der Waals surface area (Å²) in [5.74, 6) is -0.600. The Labute approximate surface area is 116 Å². The maximum Gasteiger partial charge on any atom is 0.254 e. The summed E-state index contributed by atoms with van der Waals surface area (Å²) in [7, 11) is 0. The second kappa shape index (κ2) is 4.33. The lowest BCUT2D eigenvalue weighted by molar-refractivity contribution is -0.123. The molecule has 0 atom stereocenters. The first-order chi connectivity index (χ1) is 8.61. The van der Waals surface area contributed by atoms with E-state index >= 15 is 0 Å². The van der Waals surface area contributed by atoms with Crippen molar-refractivity contribution in [1.82, 2.24) is 5.32 Å². The molecule has 5 heteroatoms. The minimum absolute atomic E-state index is 0.279. The molecule has 1 aromatic heterocycles. The Morgan fingerprint density at radius 1 is 1.22 bits per heavy atom. The summed E-state index contributed by atoms with van der Waals surface area (Å²) in [6, 6.07) is 8.14. The van der Waals surface area contributed by atoms with Gasteiger partial charge in [-0.25, -0.2) is 0 Å². The highest BCUT2D eigenvalue weighted by molar-refractivity contribution is 9.10. The van der Waals surface area contributed by atoms with E-state index in [1.807, 2.05) is 18.2 Å². The number of hydrogen-bond acceptors (Lipinski definition) is 3. The van der Waals surface area contributed by atoms with Crippen molar-refractivity contribution in [3.8, 4) is 0 Å². The van der Waals surface area contributed by atoms with Crippen LogP contribution in [-0.4, -0.2) is 11.8 Å². The highest BCUT2D eigenvalue weighted by atomic mass is 79.9. The molecule has 0 saturated carbocycles. The summed E-state index contributed by atoms with van der Waals surface area (Å²) in [6.07, 6.45) is 1.89. The van der Waals surface area contributed by atoms with E-state index in [1.54, 1.807) is 11.3 Å². The Morgan fingerprint density at radius 3 is 2.78 bits per heavy atom. The molecule has 0 saturated heterocycles. The van der Waals surface area contributed by atoms with Gasteiger partial charge in [-0.3, -0.25) is 14.9 Å². The number of nitrogens with one attached hydrogen (secondary N) is 1. The monoisotopic (exact) mass is 321 g/mol. The number of rotatable bonds is 2. The van der Waals surface area contributed by atoms with Crippen molar-refractivity contribution >= 4 is 49.2 Å². The largest absolute Gasteiger partial charge is 0.289 e. The molecule has 0 aliphatic carbocycles. The third-order valence-corrected chi connectivity index (χ3v) is 4.34. The summed E-state index contributed by atoms with van der Waals surface area (Å²) < 4.78 is 2.21. The van der Waals surface area contributed by atoms with Gasteiger partial charge in [0.15, 0.2) is 0 Å². The molecule has 90 valence electrons. The average molecular weight is 322 g/mol. The second-order valence-electron chi connectivity index (χ2n) is 4.06. The molecule has 3 rings (SSSR count). The van der Waals surface area contributed by atoms with E-state index in [2.05, 4.69) is 27.3 Å². The van der Waals surface area contributed by atoms with E-state index in [0.29, 0.717) is 12.0 Å². The first kappa shape index (κ1) is 11.6. The topological polar surface area (TPSA) is 46.2 Å². The normalized spacial score (nSPS) is 15.1. The van der Waals surface area contributed by atoms with Gasteiger partial charge in [0, 0.05) is 32.1 Å². The van der Waals surface area contributed by atoms with Crippen LogP contribution in [0.4, 0.5) is 0 Å². The fourth-order valence-corrected chi connectivity index (χ4v) is 3.37. The number of amides is 2. The van der Waals surface area contributed by atoms with E-state index in [1.165, 1.54) is 10.8 Å². The summed E-state index contributed by atoms with van der Waals surface area (Å²) in [6.45, 7) is 0. The number of imide groups is 1. The predicted octanol–water partition coefficient (Wildman–Crippen LogP) is 2.79. The molecule has 3 nitrogen and oxygen atoms in total. The maximum absolute atomic E-state index is 11.5. The number of carbonyl (C=O) groups excluding carboxylic acids is 2. The Kier molecular flexibility index (Phi) is 2.80. The van der Waals surface area contributed by atoms with Crippen LogP contribution in [0.5, 0.6) is 0 Å². The zero-order valence-electron chi connectivity index (χ0n) is 9.20. The van der Waals surface area contributed by atoms with Crippen LogP contribution in [-0.2, 0) is 16.0 Å². The molecule has 1 aliphatic rings. The van der Waals surface area contributed by atoms with Gasteiger partial charge in [0.2, 0.25) is 0 Å². The third-order valence-electron chi connectivity index (χ3n) is 2.73. The van der Waals surface area contributed by atoms with Crippen molar-refractivity contribution in [3.63, 3.8) is 0 Å². The Bertz CT molecular complexity index is 702. The molecule has 0 bridgehead atoms. The van der Waals surface area contributed by atoms with Gasteiger partial charge < -0.3 is 0 Å². The average Bonchev–Trinajstić information content (AvgIpc) is 2.82. The van der Waals surface area contributed by atoms with E-state index in [0.717, 1.165) is 14.7 Å². The van der Waals surface area contributed by atoms with Gasteiger partial charge in [-0.15, -0.1) is 11.3 Å². The van der Waals surface area contributed by atoms with Gasteiger partial charge in [-0.2, -0.15) is 0 Å². The zero-order valence-corrected chi connectivity index (χ0v) is 11.6. The third kappa shape index (κ3) is 2.11. The molecular formula is C13H8BrNO2S. The predicted molar refractivity (Wildman–Crippen MR) is 74.5 cm³/mol. The van der Waals surface area contributed by atoms with Crippen molar-refractivity contribution in [3.05, 3.63) is 45.3 Å². The highest BCUT2D eigenvalue weighted by Gasteiger charge is 2.21. The molecule has 18 heavy (non-hydrogen) atoms. The molecule has 1 N–H and O–H groups in total. The van der Waals surface area contributed by atoms with Crippen LogP contribution in [0, 0.1) is 0 Å². The Hall–Kier alpha value is -1.46. The molecule has 0 fully saturated rings. The molecule has 0 unspecified atom stereocenters. The van der Waals surface area contributed by atoms with Crippen LogP contribution in [0.2, 0.25) is 0 Å². The molecule has 0 spiro atoms. The molecule has 2 heterocycles. The SMILES string of the molecule is O=C1C=C(Cc2cc3cc(Br)ccc3s2)C(=O)N1. The molecule has 2 amide bonds.